The van der Waals surface area contributed by atoms with Crippen molar-refractivity contribution in [3.63, 3.8) is 0 Å². The van der Waals surface area contributed by atoms with E-state index in [1.807, 2.05) is 22.6 Å². The Labute approximate surface area is 218 Å². The third kappa shape index (κ3) is 5.94. The second-order valence-corrected chi connectivity index (χ2v) is 10.0. The number of nitrogens with two attached hydrogens (primary N) is 1. The monoisotopic (exact) mass is 614 g/mol. The number of benzene rings is 2. The predicted octanol–water partition coefficient (Wildman–Crippen LogP) is 5.36. The number of aliphatic hydroxyl groups excluding tert-OH is 1. The summed E-state index contributed by atoms with van der Waals surface area (Å²) in [5, 5.41) is 12.2. The number of carbonyl (C=O) groups excluding carboxylic acids is 1. The van der Waals surface area contributed by atoms with Crippen LogP contribution in [0.25, 0.3) is 11.3 Å². The summed E-state index contributed by atoms with van der Waals surface area (Å²) in [6.07, 6.45) is 1.77. The predicted molar refractivity (Wildman–Crippen MR) is 134 cm³/mol. The van der Waals surface area contributed by atoms with E-state index in [9.17, 15) is 27.5 Å². The molecule has 1 amide bonds. The molecule has 190 valence electrons. The number of rotatable bonds is 6. The van der Waals surface area contributed by atoms with Gasteiger partial charge in [-0.15, -0.1) is 0 Å². The average Bonchev–Trinajstić information content (AvgIpc) is 2.81. The van der Waals surface area contributed by atoms with E-state index in [4.69, 9.17) is 5.73 Å². The number of carbonyl (C=O) groups is 1. The molecule has 2 atom stereocenters. The first-order chi connectivity index (χ1) is 17.1. The van der Waals surface area contributed by atoms with Crippen LogP contribution < -0.4 is 11.1 Å². The summed E-state index contributed by atoms with van der Waals surface area (Å²) in [6.45, 7) is -0.524. The fourth-order valence-corrected chi connectivity index (χ4v) is 5.00. The van der Waals surface area contributed by atoms with Crippen molar-refractivity contribution >= 4 is 34.3 Å². The number of hydrogen-bond acceptors (Lipinski definition) is 5. The molecule has 0 bridgehead atoms. The zero-order chi connectivity index (χ0) is 26.0. The fraction of sp³-hybridized carbons (Fsp3) is 0.320. The zero-order valence-electron chi connectivity index (χ0n) is 18.9. The van der Waals surface area contributed by atoms with Crippen LogP contribution in [0.4, 0.5) is 23.4 Å². The van der Waals surface area contributed by atoms with Crippen molar-refractivity contribution in [3.8, 4) is 11.3 Å². The molecule has 0 radical (unpaired) electrons. The van der Waals surface area contributed by atoms with Crippen molar-refractivity contribution < 1.29 is 27.5 Å². The lowest BCUT2D eigenvalue weighted by Crippen LogP contribution is -2.31. The smallest absolute Gasteiger partial charge is 0.254 e. The summed E-state index contributed by atoms with van der Waals surface area (Å²) in [5.41, 5.74) is 6.69. The Balaban J connectivity index is 1.57. The average molecular weight is 614 g/mol. The minimum Gasteiger partial charge on any atom is -0.394 e. The van der Waals surface area contributed by atoms with Crippen molar-refractivity contribution in [1.82, 2.24) is 15.3 Å². The molecule has 1 fully saturated rings. The Hall–Kier alpha value is -2.80. The third-order valence-corrected chi connectivity index (χ3v) is 6.76. The molecule has 1 aliphatic carbocycles. The van der Waals surface area contributed by atoms with Gasteiger partial charge >= 0.3 is 0 Å². The molecule has 2 aromatic carbocycles. The highest BCUT2D eigenvalue weighted by Gasteiger charge is 2.37. The maximum atomic E-state index is 15.0. The van der Waals surface area contributed by atoms with Crippen LogP contribution in [0.1, 0.15) is 59.3 Å². The van der Waals surface area contributed by atoms with E-state index < -0.39 is 42.0 Å². The van der Waals surface area contributed by atoms with Crippen LogP contribution in [0, 0.1) is 15.2 Å². The minimum atomic E-state index is -2.77. The molecule has 11 heteroatoms. The van der Waals surface area contributed by atoms with Crippen LogP contribution in [0.2, 0.25) is 0 Å². The Kier molecular flexibility index (Phi) is 7.79. The summed E-state index contributed by atoms with van der Waals surface area (Å²) in [7, 11) is 0. The van der Waals surface area contributed by atoms with Gasteiger partial charge in [0, 0.05) is 27.9 Å². The molecular formula is C25H23F4IN4O2. The van der Waals surface area contributed by atoms with Crippen LogP contribution in [0.3, 0.4) is 0 Å². The number of amides is 1. The lowest BCUT2D eigenvalue weighted by Gasteiger charge is -2.28. The molecule has 6 nitrogen and oxygen atoms in total. The van der Waals surface area contributed by atoms with Gasteiger partial charge in [0.15, 0.2) is 0 Å². The van der Waals surface area contributed by atoms with E-state index >= 15 is 0 Å². The van der Waals surface area contributed by atoms with Crippen LogP contribution in [-0.2, 0) is 0 Å². The number of alkyl halides is 2. The molecule has 1 aliphatic rings. The van der Waals surface area contributed by atoms with Gasteiger partial charge in [-0.3, -0.25) is 4.79 Å². The number of aromatic nitrogens is 2. The van der Waals surface area contributed by atoms with Gasteiger partial charge < -0.3 is 16.2 Å². The highest BCUT2D eigenvalue weighted by Crippen LogP contribution is 2.41. The molecule has 1 heterocycles. The Morgan fingerprint density at radius 3 is 2.69 bits per heavy atom. The number of hydrogen-bond donors (Lipinski definition) is 3. The van der Waals surface area contributed by atoms with E-state index in [0.717, 1.165) is 6.07 Å². The SMILES string of the molecule is Nc1ncc(C2CCCC(F)(F)C2)nc1-c1ccc(C(=O)N[C@H](CO)c2cc(F)cc(I)c2)c(F)c1. The van der Waals surface area contributed by atoms with E-state index in [1.54, 1.807) is 6.07 Å². The third-order valence-electron chi connectivity index (χ3n) is 6.14. The highest BCUT2D eigenvalue weighted by atomic mass is 127. The number of nitrogens with one attached hydrogen (secondary N) is 1. The Bertz CT molecular complexity index is 1270. The van der Waals surface area contributed by atoms with Crippen molar-refractivity contribution in [2.24, 2.45) is 0 Å². The first kappa shape index (κ1) is 26.3. The number of nitrogens with zero attached hydrogens (tertiary/aromatic N) is 2. The molecule has 0 aliphatic heterocycles. The molecule has 4 rings (SSSR count). The number of aliphatic hydroxyl groups is 1. The first-order valence-electron chi connectivity index (χ1n) is 11.2. The minimum absolute atomic E-state index is 0.000951. The Morgan fingerprint density at radius 1 is 1.25 bits per heavy atom. The topological polar surface area (TPSA) is 101 Å². The van der Waals surface area contributed by atoms with Crippen molar-refractivity contribution in [3.05, 3.63) is 74.6 Å². The van der Waals surface area contributed by atoms with Crippen LogP contribution in [0.15, 0.2) is 42.6 Å². The second-order valence-electron chi connectivity index (χ2n) is 8.78. The quantitative estimate of drug-likeness (QED) is 0.256. The van der Waals surface area contributed by atoms with E-state index in [-0.39, 0.29) is 35.5 Å². The van der Waals surface area contributed by atoms with Gasteiger partial charge in [0.05, 0.1) is 30.1 Å². The maximum Gasteiger partial charge on any atom is 0.254 e. The van der Waals surface area contributed by atoms with Gasteiger partial charge in [-0.25, -0.2) is 27.5 Å². The van der Waals surface area contributed by atoms with Gasteiger partial charge in [0.1, 0.15) is 23.1 Å². The fourth-order valence-electron chi connectivity index (χ4n) is 4.34. The molecule has 1 saturated carbocycles. The summed E-state index contributed by atoms with van der Waals surface area (Å²) in [4.78, 5) is 21.2. The van der Waals surface area contributed by atoms with Gasteiger partial charge in [0.25, 0.3) is 5.91 Å². The number of anilines is 1. The van der Waals surface area contributed by atoms with E-state index in [2.05, 4.69) is 15.3 Å². The highest BCUT2D eigenvalue weighted by molar-refractivity contribution is 14.1. The number of halogens is 5. The van der Waals surface area contributed by atoms with Crippen molar-refractivity contribution in [2.75, 3.05) is 12.3 Å². The maximum absolute atomic E-state index is 15.0. The molecule has 0 spiro atoms. The molecule has 3 aromatic rings. The molecule has 36 heavy (non-hydrogen) atoms. The Morgan fingerprint density at radius 2 is 2.03 bits per heavy atom. The number of nitrogen functional groups attached to an aromatic ring is 1. The van der Waals surface area contributed by atoms with Gasteiger partial charge in [0.2, 0.25) is 5.92 Å². The first-order valence-corrected chi connectivity index (χ1v) is 12.3. The van der Waals surface area contributed by atoms with E-state index in [1.165, 1.54) is 30.5 Å². The normalized spacial score (nSPS) is 18.0. The lowest BCUT2D eigenvalue weighted by atomic mass is 9.84. The lowest BCUT2D eigenvalue weighted by molar-refractivity contribution is -0.0412. The van der Waals surface area contributed by atoms with Crippen molar-refractivity contribution in [1.29, 1.82) is 0 Å². The van der Waals surface area contributed by atoms with Crippen molar-refractivity contribution in [2.45, 2.75) is 43.6 Å². The van der Waals surface area contributed by atoms with Gasteiger partial charge in [-0.1, -0.05) is 6.07 Å². The molecule has 1 unspecified atom stereocenters. The van der Waals surface area contributed by atoms with Gasteiger partial charge in [-0.05, 0) is 71.3 Å². The van der Waals surface area contributed by atoms with Crippen LogP contribution >= 0.6 is 22.6 Å². The summed E-state index contributed by atoms with van der Waals surface area (Å²) in [6, 6.07) is 6.84. The van der Waals surface area contributed by atoms with Crippen LogP contribution in [-0.4, -0.2) is 33.5 Å². The molecular weight excluding hydrogens is 591 g/mol. The summed E-state index contributed by atoms with van der Waals surface area (Å²) >= 11 is 1.91. The summed E-state index contributed by atoms with van der Waals surface area (Å²) in [5.74, 6) is -5.49. The zero-order valence-corrected chi connectivity index (χ0v) is 21.1. The molecule has 1 aromatic heterocycles. The van der Waals surface area contributed by atoms with Crippen LogP contribution in [0.5, 0.6) is 0 Å². The standard InChI is InChI=1S/C25H23F4IN4O2/c26-16-6-15(7-17(30)9-16)21(12-35)34-24(36)18-4-3-13(8-19(18)27)22-23(31)32-11-20(33-22)14-2-1-5-25(28,29)10-14/h3-4,6-9,11,14,21,35H,1-2,5,10,12H2,(H2,31,32)(H,34,36)/t14?,21-/m1/s1. The van der Waals surface area contributed by atoms with Gasteiger partial charge in [-0.2, -0.15) is 0 Å². The summed E-state index contributed by atoms with van der Waals surface area (Å²) < 4.78 is 57.1. The second kappa shape index (κ2) is 10.7. The largest absolute Gasteiger partial charge is 0.394 e. The van der Waals surface area contributed by atoms with E-state index in [0.29, 0.717) is 27.7 Å². The molecule has 4 N–H and O–H groups in total. The molecule has 0 saturated heterocycles.